The highest BCUT2D eigenvalue weighted by atomic mass is 32.1. The van der Waals surface area contributed by atoms with Crippen molar-refractivity contribution in [1.82, 2.24) is 9.97 Å². The van der Waals surface area contributed by atoms with Crippen molar-refractivity contribution >= 4 is 23.1 Å². The topological polar surface area (TPSA) is 75.1 Å². The summed E-state index contributed by atoms with van der Waals surface area (Å²) in [6, 6.07) is 4.45. The van der Waals surface area contributed by atoms with Crippen LogP contribution in [0.5, 0.6) is 0 Å². The van der Waals surface area contributed by atoms with Gasteiger partial charge in [0.25, 0.3) is 0 Å². The standard InChI is InChI=1S/C10H9N3O2S/c14-10(15)9(7-2-1-5-16-7)13-8-3-4-11-6-12-8/h1-6,9H,(H,14,15)(H,11,12,13). The van der Waals surface area contributed by atoms with Crippen LogP contribution in [0.15, 0.2) is 36.1 Å². The molecule has 2 aromatic rings. The van der Waals surface area contributed by atoms with Gasteiger partial charge in [-0.25, -0.2) is 14.8 Å². The van der Waals surface area contributed by atoms with Gasteiger partial charge in [-0.15, -0.1) is 11.3 Å². The minimum Gasteiger partial charge on any atom is -0.479 e. The number of carbonyl (C=O) groups is 1. The van der Waals surface area contributed by atoms with Crippen molar-refractivity contribution in [2.75, 3.05) is 5.32 Å². The number of anilines is 1. The number of nitrogens with one attached hydrogen (secondary N) is 1. The monoisotopic (exact) mass is 235 g/mol. The molecule has 2 N–H and O–H groups in total. The summed E-state index contributed by atoms with van der Waals surface area (Å²) in [4.78, 5) is 19.5. The van der Waals surface area contributed by atoms with Crippen LogP contribution in [0.1, 0.15) is 10.9 Å². The maximum atomic E-state index is 11.1. The SMILES string of the molecule is O=C(O)C(Nc1ccncn1)c1cccs1. The number of hydrogen-bond acceptors (Lipinski definition) is 5. The Hall–Kier alpha value is -1.95. The van der Waals surface area contributed by atoms with E-state index in [2.05, 4.69) is 15.3 Å². The van der Waals surface area contributed by atoms with E-state index < -0.39 is 12.0 Å². The third kappa shape index (κ3) is 2.34. The van der Waals surface area contributed by atoms with Gasteiger partial charge in [-0.1, -0.05) is 6.07 Å². The maximum Gasteiger partial charge on any atom is 0.331 e. The normalized spacial score (nSPS) is 12.0. The first kappa shape index (κ1) is 10.6. The molecule has 0 bridgehead atoms. The summed E-state index contributed by atoms with van der Waals surface area (Å²) >= 11 is 1.39. The Morgan fingerprint density at radius 3 is 2.94 bits per heavy atom. The molecule has 0 radical (unpaired) electrons. The number of rotatable bonds is 4. The molecule has 0 aliphatic carbocycles. The zero-order valence-corrected chi connectivity index (χ0v) is 9.02. The van der Waals surface area contributed by atoms with Gasteiger partial charge in [0.1, 0.15) is 12.1 Å². The Morgan fingerprint density at radius 2 is 2.38 bits per heavy atom. The molecule has 2 rings (SSSR count). The summed E-state index contributed by atoms with van der Waals surface area (Å²) in [5.41, 5.74) is 0. The highest BCUT2D eigenvalue weighted by molar-refractivity contribution is 7.10. The van der Waals surface area contributed by atoms with E-state index in [1.165, 1.54) is 17.7 Å². The third-order valence-corrected chi connectivity index (χ3v) is 2.89. The van der Waals surface area contributed by atoms with Gasteiger partial charge in [-0.3, -0.25) is 0 Å². The molecule has 0 fully saturated rings. The molecule has 0 amide bonds. The molecule has 1 unspecified atom stereocenters. The van der Waals surface area contributed by atoms with E-state index in [0.717, 1.165) is 4.88 Å². The number of carboxylic acids is 1. The van der Waals surface area contributed by atoms with Gasteiger partial charge in [-0.2, -0.15) is 0 Å². The minimum atomic E-state index is -0.930. The number of aliphatic carboxylic acids is 1. The Morgan fingerprint density at radius 1 is 1.50 bits per heavy atom. The van der Waals surface area contributed by atoms with E-state index >= 15 is 0 Å². The van der Waals surface area contributed by atoms with Crippen LogP contribution >= 0.6 is 11.3 Å². The van der Waals surface area contributed by atoms with Crippen molar-refractivity contribution in [2.45, 2.75) is 6.04 Å². The van der Waals surface area contributed by atoms with Gasteiger partial charge in [0, 0.05) is 11.1 Å². The molecule has 1 atom stereocenters. The third-order valence-electron chi connectivity index (χ3n) is 1.95. The maximum absolute atomic E-state index is 11.1. The highest BCUT2D eigenvalue weighted by Crippen LogP contribution is 2.22. The van der Waals surface area contributed by atoms with Crippen molar-refractivity contribution in [1.29, 1.82) is 0 Å². The van der Waals surface area contributed by atoms with Crippen LogP contribution in [0.3, 0.4) is 0 Å². The fraction of sp³-hybridized carbons (Fsp3) is 0.100. The van der Waals surface area contributed by atoms with Crippen LogP contribution in [0.2, 0.25) is 0 Å². The number of nitrogens with zero attached hydrogens (tertiary/aromatic N) is 2. The van der Waals surface area contributed by atoms with E-state index in [9.17, 15) is 4.79 Å². The summed E-state index contributed by atoms with van der Waals surface area (Å²) < 4.78 is 0. The van der Waals surface area contributed by atoms with Crippen molar-refractivity contribution in [2.24, 2.45) is 0 Å². The number of aromatic nitrogens is 2. The summed E-state index contributed by atoms with van der Waals surface area (Å²) in [7, 11) is 0. The molecule has 5 nitrogen and oxygen atoms in total. The van der Waals surface area contributed by atoms with Gasteiger partial charge in [0.15, 0.2) is 6.04 Å². The molecule has 2 aromatic heterocycles. The molecule has 6 heteroatoms. The van der Waals surface area contributed by atoms with Crippen molar-refractivity contribution in [3.63, 3.8) is 0 Å². The summed E-state index contributed by atoms with van der Waals surface area (Å²) in [5, 5.41) is 13.8. The molecule has 16 heavy (non-hydrogen) atoms. The molecule has 0 spiro atoms. The van der Waals surface area contributed by atoms with Crippen LogP contribution in [0.25, 0.3) is 0 Å². The first-order chi connectivity index (χ1) is 7.77. The Labute approximate surface area is 95.8 Å². The lowest BCUT2D eigenvalue weighted by Gasteiger charge is -2.12. The fourth-order valence-corrected chi connectivity index (χ4v) is 2.00. The summed E-state index contributed by atoms with van der Waals surface area (Å²) in [6.07, 6.45) is 2.93. The average molecular weight is 235 g/mol. The predicted octanol–water partition coefficient (Wildman–Crippen LogP) is 1.78. The summed E-state index contributed by atoms with van der Waals surface area (Å²) in [5.74, 6) is -0.433. The first-order valence-electron chi connectivity index (χ1n) is 4.56. The van der Waals surface area contributed by atoms with Gasteiger partial charge in [0.05, 0.1) is 0 Å². The van der Waals surface area contributed by atoms with Crippen molar-refractivity contribution in [3.05, 3.63) is 41.0 Å². The van der Waals surface area contributed by atoms with Gasteiger partial charge < -0.3 is 10.4 Å². The molecule has 82 valence electrons. The van der Waals surface area contributed by atoms with Crippen LogP contribution in [-0.4, -0.2) is 21.0 Å². The molecular formula is C10H9N3O2S. The highest BCUT2D eigenvalue weighted by Gasteiger charge is 2.20. The zero-order chi connectivity index (χ0) is 11.4. The fourth-order valence-electron chi connectivity index (χ4n) is 1.23. The van der Waals surface area contributed by atoms with Gasteiger partial charge in [0.2, 0.25) is 0 Å². The quantitative estimate of drug-likeness (QED) is 0.844. The second kappa shape index (κ2) is 4.71. The van der Waals surface area contributed by atoms with Crippen LogP contribution in [0.4, 0.5) is 5.82 Å². The van der Waals surface area contributed by atoms with Crippen LogP contribution in [-0.2, 0) is 4.79 Å². The molecule has 0 aliphatic rings. The Kier molecular flexibility index (Phi) is 3.11. The summed E-state index contributed by atoms with van der Waals surface area (Å²) in [6.45, 7) is 0. The van der Waals surface area contributed by atoms with E-state index in [-0.39, 0.29) is 0 Å². The van der Waals surface area contributed by atoms with Gasteiger partial charge >= 0.3 is 5.97 Å². The molecule has 2 heterocycles. The van der Waals surface area contributed by atoms with Crippen LogP contribution in [0, 0.1) is 0 Å². The van der Waals surface area contributed by atoms with Crippen molar-refractivity contribution < 1.29 is 9.90 Å². The number of hydrogen-bond donors (Lipinski definition) is 2. The first-order valence-corrected chi connectivity index (χ1v) is 5.44. The van der Waals surface area contributed by atoms with Crippen molar-refractivity contribution in [3.8, 4) is 0 Å². The molecule has 0 saturated carbocycles. The minimum absolute atomic E-state index is 0.496. The second-order valence-electron chi connectivity index (χ2n) is 3.03. The molecular weight excluding hydrogens is 226 g/mol. The Balaban J connectivity index is 2.19. The molecule has 0 saturated heterocycles. The van der Waals surface area contributed by atoms with Crippen LogP contribution < -0.4 is 5.32 Å². The molecule has 0 aliphatic heterocycles. The lowest BCUT2D eigenvalue weighted by molar-refractivity contribution is -0.138. The lowest BCUT2D eigenvalue weighted by atomic mass is 10.2. The van der Waals surface area contributed by atoms with E-state index in [1.807, 2.05) is 11.4 Å². The second-order valence-corrected chi connectivity index (χ2v) is 4.00. The van der Waals surface area contributed by atoms with E-state index in [1.54, 1.807) is 18.3 Å². The smallest absolute Gasteiger partial charge is 0.331 e. The lowest BCUT2D eigenvalue weighted by Crippen LogP contribution is -2.19. The zero-order valence-electron chi connectivity index (χ0n) is 8.20. The number of carboxylic acid groups (broad SMARTS) is 1. The largest absolute Gasteiger partial charge is 0.479 e. The predicted molar refractivity (Wildman–Crippen MR) is 60.4 cm³/mol. The van der Waals surface area contributed by atoms with E-state index in [4.69, 9.17) is 5.11 Å². The Bertz CT molecular complexity index is 458. The average Bonchev–Trinajstić information content (AvgIpc) is 2.80. The van der Waals surface area contributed by atoms with Gasteiger partial charge in [-0.05, 0) is 17.5 Å². The number of thiophene rings is 1. The van der Waals surface area contributed by atoms with E-state index in [0.29, 0.717) is 5.82 Å². The molecule has 0 aromatic carbocycles.